The molecule has 1 fully saturated rings. The van der Waals surface area contributed by atoms with Crippen LogP contribution >= 0.6 is 0 Å². The van der Waals surface area contributed by atoms with E-state index in [0.29, 0.717) is 18.2 Å². The van der Waals surface area contributed by atoms with Gasteiger partial charge in [-0.05, 0) is 62.5 Å². The monoisotopic (exact) mass is 342 g/mol. The van der Waals surface area contributed by atoms with Crippen LogP contribution in [0.15, 0.2) is 30.3 Å². The number of amides is 1. The Morgan fingerprint density at radius 1 is 1.32 bits per heavy atom. The highest BCUT2D eigenvalue weighted by molar-refractivity contribution is 6.03. The normalized spacial score (nSPS) is 16.1. The van der Waals surface area contributed by atoms with E-state index < -0.39 is 0 Å². The number of nitrogens with zero attached hydrogens (tertiary/aromatic N) is 3. The second kappa shape index (κ2) is 7.80. The van der Waals surface area contributed by atoms with E-state index in [1.807, 2.05) is 25.1 Å². The zero-order chi connectivity index (χ0) is 17.8. The van der Waals surface area contributed by atoms with Gasteiger partial charge in [-0.3, -0.25) is 14.4 Å². The molecule has 0 saturated carbocycles. The molecule has 3 rings (SSSR count). The Kier molecular flexibility index (Phi) is 5.50. The lowest BCUT2D eigenvalue weighted by atomic mass is 9.97. The first-order valence-corrected chi connectivity index (χ1v) is 8.79. The number of benzene rings is 1. The molecule has 1 aliphatic rings. The van der Waals surface area contributed by atoms with Crippen LogP contribution in [0.1, 0.15) is 34.6 Å². The zero-order valence-corrected chi connectivity index (χ0v) is 14.9. The van der Waals surface area contributed by atoms with Gasteiger partial charge in [0.15, 0.2) is 0 Å². The van der Waals surface area contributed by atoms with Gasteiger partial charge < -0.3 is 10.4 Å². The van der Waals surface area contributed by atoms with Crippen molar-refractivity contribution in [1.82, 2.24) is 14.7 Å². The fourth-order valence-corrected chi connectivity index (χ4v) is 3.35. The van der Waals surface area contributed by atoms with E-state index in [-0.39, 0.29) is 5.91 Å². The summed E-state index contributed by atoms with van der Waals surface area (Å²) in [5.41, 5.74) is 3.36. The van der Waals surface area contributed by atoms with Crippen LogP contribution in [-0.4, -0.2) is 45.4 Å². The number of piperidine rings is 1. The molecule has 134 valence electrons. The molecule has 6 nitrogen and oxygen atoms in total. The first-order valence-electron chi connectivity index (χ1n) is 8.79. The van der Waals surface area contributed by atoms with Crippen molar-refractivity contribution >= 4 is 11.6 Å². The van der Waals surface area contributed by atoms with Crippen molar-refractivity contribution in [3.8, 4) is 0 Å². The highest BCUT2D eigenvalue weighted by atomic mass is 16.3. The smallest absolute Gasteiger partial charge is 0.273 e. The SMILES string of the molecule is Cc1cc(C(=O)Nc2cccc(CN3CCC(CO)CC3)c2)n(C)n1. The average Bonchev–Trinajstić information content (AvgIpc) is 2.94. The Morgan fingerprint density at radius 3 is 2.72 bits per heavy atom. The lowest BCUT2D eigenvalue weighted by Gasteiger charge is -2.31. The third-order valence-corrected chi connectivity index (χ3v) is 4.79. The van der Waals surface area contributed by atoms with Crippen LogP contribution in [0.4, 0.5) is 5.69 Å². The number of rotatable bonds is 5. The predicted octanol–water partition coefficient (Wildman–Crippen LogP) is 2.19. The van der Waals surface area contributed by atoms with Gasteiger partial charge in [-0.1, -0.05) is 12.1 Å². The number of carbonyl (C=O) groups is 1. The lowest BCUT2D eigenvalue weighted by Crippen LogP contribution is -2.34. The van der Waals surface area contributed by atoms with E-state index in [1.54, 1.807) is 17.8 Å². The van der Waals surface area contributed by atoms with Crippen LogP contribution in [-0.2, 0) is 13.6 Å². The molecular weight excluding hydrogens is 316 g/mol. The molecule has 1 aromatic heterocycles. The highest BCUT2D eigenvalue weighted by Gasteiger charge is 2.18. The molecule has 0 radical (unpaired) electrons. The number of hydrogen-bond donors (Lipinski definition) is 2. The van der Waals surface area contributed by atoms with Gasteiger partial charge in [0, 0.05) is 25.9 Å². The Bertz CT molecular complexity index is 733. The third kappa shape index (κ3) is 4.46. The van der Waals surface area contributed by atoms with Gasteiger partial charge in [-0.25, -0.2) is 0 Å². The molecule has 2 heterocycles. The maximum atomic E-state index is 12.4. The molecule has 0 spiro atoms. The van der Waals surface area contributed by atoms with Crippen LogP contribution in [0.3, 0.4) is 0 Å². The Hall–Kier alpha value is -2.18. The summed E-state index contributed by atoms with van der Waals surface area (Å²) < 4.78 is 1.60. The number of aliphatic hydroxyl groups excluding tert-OH is 1. The number of likely N-dealkylation sites (tertiary alicyclic amines) is 1. The van der Waals surface area contributed by atoms with E-state index in [4.69, 9.17) is 0 Å². The molecule has 1 saturated heterocycles. The number of nitrogens with one attached hydrogen (secondary N) is 1. The summed E-state index contributed by atoms with van der Waals surface area (Å²) in [4.78, 5) is 14.8. The van der Waals surface area contributed by atoms with Gasteiger partial charge in [-0.15, -0.1) is 0 Å². The number of aliphatic hydroxyl groups is 1. The van der Waals surface area contributed by atoms with Gasteiger partial charge in [0.25, 0.3) is 5.91 Å². The third-order valence-electron chi connectivity index (χ3n) is 4.79. The minimum absolute atomic E-state index is 0.149. The molecule has 25 heavy (non-hydrogen) atoms. The van der Waals surface area contributed by atoms with Gasteiger partial charge in [-0.2, -0.15) is 5.10 Å². The van der Waals surface area contributed by atoms with Crippen molar-refractivity contribution in [2.45, 2.75) is 26.3 Å². The summed E-state index contributed by atoms with van der Waals surface area (Å²) in [7, 11) is 1.77. The summed E-state index contributed by atoms with van der Waals surface area (Å²) in [6, 6.07) is 9.77. The van der Waals surface area contributed by atoms with E-state index in [2.05, 4.69) is 21.4 Å². The van der Waals surface area contributed by atoms with Gasteiger partial charge in [0.2, 0.25) is 0 Å². The minimum atomic E-state index is -0.149. The Morgan fingerprint density at radius 2 is 2.08 bits per heavy atom. The quantitative estimate of drug-likeness (QED) is 0.874. The van der Waals surface area contributed by atoms with Crippen molar-refractivity contribution in [3.05, 3.63) is 47.3 Å². The summed E-state index contributed by atoms with van der Waals surface area (Å²) in [5, 5.41) is 16.4. The molecule has 2 aromatic rings. The van der Waals surface area contributed by atoms with Gasteiger partial charge >= 0.3 is 0 Å². The second-order valence-electron chi connectivity index (χ2n) is 6.85. The van der Waals surface area contributed by atoms with Crippen LogP contribution < -0.4 is 5.32 Å². The molecule has 6 heteroatoms. The summed E-state index contributed by atoms with van der Waals surface area (Å²) >= 11 is 0. The molecule has 1 aromatic carbocycles. The molecule has 0 bridgehead atoms. The van der Waals surface area contributed by atoms with E-state index in [1.165, 1.54) is 5.56 Å². The predicted molar refractivity (Wildman–Crippen MR) is 97.4 cm³/mol. The molecule has 1 amide bonds. The number of aromatic nitrogens is 2. The topological polar surface area (TPSA) is 70.4 Å². The molecule has 2 N–H and O–H groups in total. The Balaban J connectivity index is 1.62. The van der Waals surface area contributed by atoms with Crippen molar-refractivity contribution in [2.75, 3.05) is 25.0 Å². The molecule has 0 aliphatic carbocycles. The highest BCUT2D eigenvalue weighted by Crippen LogP contribution is 2.20. The number of carbonyl (C=O) groups excluding carboxylic acids is 1. The number of hydrogen-bond acceptors (Lipinski definition) is 4. The fraction of sp³-hybridized carbons (Fsp3) is 0.474. The van der Waals surface area contributed by atoms with Crippen molar-refractivity contribution in [2.24, 2.45) is 13.0 Å². The molecule has 0 atom stereocenters. The summed E-state index contributed by atoms with van der Waals surface area (Å²) in [6.07, 6.45) is 2.10. The van der Waals surface area contributed by atoms with E-state index in [9.17, 15) is 9.90 Å². The standard InChI is InChI=1S/C19H26N4O2/c1-14-10-18(22(2)21-14)19(25)20-17-5-3-4-16(11-17)12-23-8-6-15(13-24)7-9-23/h3-5,10-11,15,24H,6-9,12-13H2,1-2H3,(H,20,25). The van der Waals surface area contributed by atoms with Crippen LogP contribution in [0.5, 0.6) is 0 Å². The van der Waals surface area contributed by atoms with Crippen molar-refractivity contribution in [3.63, 3.8) is 0 Å². The number of anilines is 1. The van der Waals surface area contributed by atoms with Gasteiger partial charge in [0.05, 0.1) is 5.69 Å². The van der Waals surface area contributed by atoms with E-state index in [0.717, 1.165) is 43.9 Å². The molecular formula is C19H26N4O2. The maximum absolute atomic E-state index is 12.4. The average molecular weight is 342 g/mol. The largest absolute Gasteiger partial charge is 0.396 e. The minimum Gasteiger partial charge on any atom is -0.396 e. The van der Waals surface area contributed by atoms with Gasteiger partial charge in [0.1, 0.15) is 5.69 Å². The Labute approximate surface area is 148 Å². The fourth-order valence-electron chi connectivity index (χ4n) is 3.35. The van der Waals surface area contributed by atoms with Crippen LogP contribution in [0, 0.1) is 12.8 Å². The first-order chi connectivity index (χ1) is 12.0. The van der Waals surface area contributed by atoms with Crippen LogP contribution in [0.2, 0.25) is 0 Å². The first kappa shape index (κ1) is 17.6. The summed E-state index contributed by atoms with van der Waals surface area (Å²) in [5.74, 6) is 0.299. The maximum Gasteiger partial charge on any atom is 0.273 e. The second-order valence-corrected chi connectivity index (χ2v) is 6.85. The number of aryl methyl sites for hydroxylation is 2. The lowest BCUT2D eigenvalue weighted by molar-refractivity contribution is 0.101. The molecule has 1 aliphatic heterocycles. The molecule has 0 unspecified atom stereocenters. The van der Waals surface area contributed by atoms with Crippen molar-refractivity contribution in [1.29, 1.82) is 0 Å². The zero-order valence-electron chi connectivity index (χ0n) is 14.9. The van der Waals surface area contributed by atoms with Crippen LogP contribution in [0.25, 0.3) is 0 Å². The summed E-state index contributed by atoms with van der Waals surface area (Å²) in [6.45, 7) is 5.05. The van der Waals surface area contributed by atoms with E-state index >= 15 is 0 Å². The van der Waals surface area contributed by atoms with Crippen molar-refractivity contribution < 1.29 is 9.90 Å².